The molecular formula is C13H28N2O. The minimum atomic E-state index is 0.203. The van der Waals surface area contributed by atoms with Gasteiger partial charge < -0.3 is 10.2 Å². The van der Waals surface area contributed by atoms with Crippen LogP contribution in [0.25, 0.3) is 0 Å². The van der Waals surface area contributed by atoms with Crippen LogP contribution in [-0.2, 0) is 4.79 Å². The zero-order chi connectivity index (χ0) is 12.6. The van der Waals surface area contributed by atoms with Crippen molar-refractivity contribution in [3.05, 3.63) is 0 Å². The quantitative estimate of drug-likeness (QED) is 0.691. The Morgan fingerprint density at radius 3 is 2.38 bits per heavy atom. The molecule has 1 atom stereocenters. The summed E-state index contributed by atoms with van der Waals surface area (Å²) in [6.07, 6.45) is 3.78. The molecule has 0 spiro atoms. The average molecular weight is 228 g/mol. The van der Waals surface area contributed by atoms with Crippen LogP contribution in [-0.4, -0.2) is 37.5 Å². The van der Waals surface area contributed by atoms with Gasteiger partial charge in [-0.3, -0.25) is 4.79 Å². The molecule has 0 fully saturated rings. The van der Waals surface area contributed by atoms with Gasteiger partial charge in [0.1, 0.15) is 0 Å². The zero-order valence-electron chi connectivity index (χ0n) is 11.5. The second-order valence-electron chi connectivity index (χ2n) is 5.26. The number of hydrogen-bond acceptors (Lipinski definition) is 2. The van der Waals surface area contributed by atoms with Crippen molar-refractivity contribution < 1.29 is 4.79 Å². The van der Waals surface area contributed by atoms with Crippen molar-refractivity contribution in [3.8, 4) is 0 Å². The Balaban J connectivity index is 4.03. The molecule has 1 unspecified atom stereocenters. The van der Waals surface area contributed by atoms with Gasteiger partial charge in [-0.15, -0.1) is 0 Å². The molecule has 0 aliphatic heterocycles. The molecule has 0 aromatic heterocycles. The van der Waals surface area contributed by atoms with E-state index in [1.165, 1.54) is 0 Å². The Morgan fingerprint density at radius 2 is 1.94 bits per heavy atom. The highest BCUT2D eigenvalue weighted by atomic mass is 16.1. The lowest BCUT2D eigenvalue weighted by Crippen LogP contribution is -2.42. The maximum atomic E-state index is 11.6. The lowest BCUT2D eigenvalue weighted by atomic mass is 10.0. The summed E-state index contributed by atoms with van der Waals surface area (Å²) in [5.41, 5.74) is 0. The van der Waals surface area contributed by atoms with E-state index in [9.17, 15) is 4.79 Å². The average Bonchev–Trinajstić information content (AvgIpc) is 2.12. The second-order valence-corrected chi connectivity index (χ2v) is 5.26. The van der Waals surface area contributed by atoms with E-state index >= 15 is 0 Å². The Kier molecular flexibility index (Phi) is 8.26. The minimum absolute atomic E-state index is 0.203. The van der Waals surface area contributed by atoms with Gasteiger partial charge >= 0.3 is 0 Å². The first-order valence-electron chi connectivity index (χ1n) is 6.39. The highest BCUT2D eigenvalue weighted by molar-refractivity contribution is 5.76. The highest BCUT2D eigenvalue weighted by Gasteiger charge is 2.14. The number of unbranched alkanes of at least 4 members (excludes halogenated alkanes) is 1. The third-order valence-corrected chi connectivity index (χ3v) is 2.46. The maximum Gasteiger partial charge on any atom is 0.220 e. The van der Waals surface area contributed by atoms with E-state index in [4.69, 9.17) is 0 Å². The summed E-state index contributed by atoms with van der Waals surface area (Å²) in [6, 6.07) is 0.291. The Hall–Kier alpha value is -0.570. The lowest BCUT2D eigenvalue weighted by Gasteiger charge is -2.24. The molecule has 3 nitrogen and oxygen atoms in total. The van der Waals surface area contributed by atoms with Crippen molar-refractivity contribution in [1.82, 2.24) is 10.2 Å². The monoisotopic (exact) mass is 228 g/mol. The van der Waals surface area contributed by atoms with Gasteiger partial charge in [-0.1, -0.05) is 27.2 Å². The number of rotatable bonds is 8. The smallest absolute Gasteiger partial charge is 0.220 e. The maximum absolute atomic E-state index is 11.6. The third-order valence-electron chi connectivity index (χ3n) is 2.46. The van der Waals surface area contributed by atoms with Gasteiger partial charge in [0.25, 0.3) is 0 Å². The first-order chi connectivity index (χ1) is 7.45. The second kappa shape index (κ2) is 8.57. The molecule has 0 rings (SSSR count). The number of hydrogen-bond donors (Lipinski definition) is 1. The number of nitrogens with one attached hydrogen (secondary N) is 1. The largest absolute Gasteiger partial charge is 0.352 e. The van der Waals surface area contributed by atoms with Crippen LogP contribution in [0.2, 0.25) is 0 Å². The zero-order valence-corrected chi connectivity index (χ0v) is 11.5. The van der Waals surface area contributed by atoms with Crippen LogP contribution >= 0.6 is 0 Å². The van der Waals surface area contributed by atoms with E-state index in [-0.39, 0.29) is 5.91 Å². The summed E-state index contributed by atoms with van der Waals surface area (Å²) in [5, 5.41) is 3.13. The first kappa shape index (κ1) is 15.4. The van der Waals surface area contributed by atoms with Crippen LogP contribution in [0.5, 0.6) is 0 Å². The van der Waals surface area contributed by atoms with E-state index in [1.807, 2.05) is 14.1 Å². The van der Waals surface area contributed by atoms with Crippen molar-refractivity contribution in [3.63, 3.8) is 0 Å². The molecule has 0 aromatic carbocycles. The van der Waals surface area contributed by atoms with Gasteiger partial charge in [-0.05, 0) is 32.9 Å². The van der Waals surface area contributed by atoms with Crippen molar-refractivity contribution in [1.29, 1.82) is 0 Å². The fraction of sp³-hybridized carbons (Fsp3) is 0.923. The fourth-order valence-corrected chi connectivity index (χ4v) is 1.83. The van der Waals surface area contributed by atoms with Crippen LogP contribution in [0.15, 0.2) is 0 Å². The topological polar surface area (TPSA) is 32.3 Å². The molecule has 0 heterocycles. The Morgan fingerprint density at radius 1 is 1.31 bits per heavy atom. The predicted molar refractivity (Wildman–Crippen MR) is 69.5 cm³/mol. The summed E-state index contributed by atoms with van der Waals surface area (Å²) >= 11 is 0. The van der Waals surface area contributed by atoms with E-state index in [2.05, 4.69) is 31.0 Å². The van der Waals surface area contributed by atoms with Crippen molar-refractivity contribution in [2.45, 2.75) is 52.5 Å². The van der Waals surface area contributed by atoms with Crippen molar-refractivity contribution in [2.75, 3.05) is 20.6 Å². The summed E-state index contributed by atoms with van der Waals surface area (Å²) in [5.74, 6) is 0.825. The fourth-order valence-electron chi connectivity index (χ4n) is 1.83. The molecule has 0 saturated carbocycles. The molecular weight excluding hydrogens is 200 g/mol. The van der Waals surface area contributed by atoms with Gasteiger partial charge in [0, 0.05) is 19.0 Å². The summed E-state index contributed by atoms with van der Waals surface area (Å²) in [7, 11) is 4.09. The van der Waals surface area contributed by atoms with Gasteiger partial charge in [0.15, 0.2) is 0 Å². The van der Waals surface area contributed by atoms with Crippen LogP contribution in [0, 0.1) is 5.92 Å². The van der Waals surface area contributed by atoms with Crippen LogP contribution in [0.1, 0.15) is 46.5 Å². The van der Waals surface area contributed by atoms with E-state index in [0.717, 1.165) is 25.8 Å². The third kappa shape index (κ3) is 8.72. The lowest BCUT2D eigenvalue weighted by molar-refractivity contribution is -0.122. The molecule has 0 aliphatic carbocycles. The number of nitrogens with zero attached hydrogens (tertiary/aromatic N) is 1. The molecule has 96 valence electrons. The van der Waals surface area contributed by atoms with Crippen LogP contribution in [0.3, 0.4) is 0 Å². The van der Waals surface area contributed by atoms with E-state index in [0.29, 0.717) is 18.4 Å². The molecule has 16 heavy (non-hydrogen) atoms. The molecule has 0 bridgehead atoms. The normalized spacial score (nSPS) is 13.2. The highest BCUT2D eigenvalue weighted by Crippen LogP contribution is 2.06. The van der Waals surface area contributed by atoms with Gasteiger partial charge in [-0.25, -0.2) is 0 Å². The molecule has 0 saturated heterocycles. The standard InChI is InChI=1S/C13H28N2O/c1-6-7-8-13(16)14-12(9-11(2)3)10-15(4)5/h11-12H,6-10H2,1-5H3,(H,14,16). The molecule has 1 amide bonds. The Labute approximate surface area is 101 Å². The summed E-state index contributed by atoms with van der Waals surface area (Å²) < 4.78 is 0. The SMILES string of the molecule is CCCCC(=O)NC(CC(C)C)CN(C)C. The summed E-state index contributed by atoms with van der Waals surface area (Å²) in [4.78, 5) is 13.8. The number of likely N-dealkylation sites (N-methyl/N-ethyl adjacent to an activating group) is 1. The predicted octanol–water partition coefficient (Wildman–Crippen LogP) is 2.27. The van der Waals surface area contributed by atoms with Gasteiger partial charge in [0.2, 0.25) is 5.91 Å². The van der Waals surface area contributed by atoms with E-state index in [1.54, 1.807) is 0 Å². The minimum Gasteiger partial charge on any atom is -0.352 e. The van der Waals surface area contributed by atoms with Crippen molar-refractivity contribution in [2.24, 2.45) is 5.92 Å². The molecule has 0 radical (unpaired) electrons. The molecule has 0 aliphatic rings. The summed E-state index contributed by atoms with van der Waals surface area (Å²) in [6.45, 7) is 7.43. The molecule has 1 N–H and O–H groups in total. The first-order valence-corrected chi connectivity index (χ1v) is 6.39. The Bertz CT molecular complexity index is 180. The number of amides is 1. The van der Waals surface area contributed by atoms with Gasteiger partial charge in [0.05, 0.1) is 0 Å². The molecule has 3 heteroatoms. The van der Waals surface area contributed by atoms with Crippen molar-refractivity contribution >= 4 is 5.91 Å². The number of carbonyl (C=O) groups excluding carboxylic acids is 1. The molecule has 0 aromatic rings. The van der Waals surface area contributed by atoms with Crippen LogP contribution in [0.4, 0.5) is 0 Å². The number of carbonyl (C=O) groups is 1. The van der Waals surface area contributed by atoms with Crippen LogP contribution < -0.4 is 5.32 Å². The van der Waals surface area contributed by atoms with Gasteiger partial charge in [-0.2, -0.15) is 0 Å². The van der Waals surface area contributed by atoms with E-state index < -0.39 is 0 Å².